The lowest BCUT2D eigenvalue weighted by Gasteiger charge is -2.38. The second-order valence-electron chi connectivity index (χ2n) is 6.76. The van der Waals surface area contributed by atoms with Gasteiger partial charge in [-0.3, -0.25) is 0 Å². The first-order chi connectivity index (χ1) is 8.66. The Bertz CT molecular complexity index is 289. The molecular weight excluding hydrogens is 220 g/mol. The minimum Gasteiger partial charge on any atom is -0.310 e. The summed E-state index contributed by atoms with van der Waals surface area (Å²) in [6.45, 7) is 8.90. The Morgan fingerprint density at radius 3 is 2.17 bits per heavy atom. The Hall–Kier alpha value is -0.550. The van der Waals surface area contributed by atoms with E-state index in [1.54, 1.807) is 0 Å². The SMILES string of the molecule is [C-]#[N+]C1(C2CCC(CN(C)C)CC2)CCCCC1. The lowest BCUT2D eigenvalue weighted by atomic mass is 9.66. The van der Waals surface area contributed by atoms with Gasteiger partial charge in [0.1, 0.15) is 0 Å². The van der Waals surface area contributed by atoms with Crippen LogP contribution in [0.5, 0.6) is 0 Å². The van der Waals surface area contributed by atoms with Gasteiger partial charge >= 0.3 is 0 Å². The van der Waals surface area contributed by atoms with Crippen LogP contribution in [0.4, 0.5) is 0 Å². The molecule has 2 nitrogen and oxygen atoms in total. The van der Waals surface area contributed by atoms with Gasteiger partial charge < -0.3 is 9.74 Å². The van der Waals surface area contributed by atoms with E-state index in [-0.39, 0.29) is 5.54 Å². The van der Waals surface area contributed by atoms with E-state index in [1.165, 1.54) is 64.3 Å². The van der Waals surface area contributed by atoms with Crippen LogP contribution in [-0.2, 0) is 0 Å². The molecule has 2 rings (SSSR count). The van der Waals surface area contributed by atoms with Crippen molar-refractivity contribution in [3.8, 4) is 0 Å². The van der Waals surface area contributed by atoms with Crippen LogP contribution in [0.3, 0.4) is 0 Å². The van der Waals surface area contributed by atoms with Crippen molar-refractivity contribution in [2.75, 3.05) is 20.6 Å². The van der Waals surface area contributed by atoms with Gasteiger partial charge in [-0.15, -0.1) is 0 Å². The third kappa shape index (κ3) is 3.06. The van der Waals surface area contributed by atoms with E-state index < -0.39 is 0 Å². The van der Waals surface area contributed by atoms with Crippen LogP contribution in [0.25, 0.3) is 4.85 Å². The minimum atomic E-state index is 0.0430. The molecule has 0 heterocycles. The highest BCUT2D eigenvalue weighted by atomic mass is 15.1. The van der Waals surface area contributed by atoms with E-state index in [4.69, 9.17) is 6.57 Å². The lowest BCUT2D eigenvalue weighted by molar-refractivity contribution is 0.148. The predicted molar refractivity (Wildman–Crippen MR) is 76.4 cm³/mol. The second-order valence-corrected chi connectivity index (χ2v) is 6.76. The number of hydrogen-bond acceptors (Lipinski definition) is 1. The van der Waals surface area contributed by atoms with Crippen molar-refractivity contribution in [3.63, 3.8) is 0 Å². The zero-order chi connectivity index (χ0) is 13.0. The molecule has 2 aliphatic rings. The van der Waals surface area contributed by atoms with Gasteiger partial charge in [-0.05, 0) is 58.5 Å². The lowest BCUT2D eigenvalue weighted by Crippen LogP contribution is -2.39. The molecule has 102 valence electrons. The van der Waals surface area contributed by atoms with Gasteiger partial charge in [0.05, 0.1) is 0 Å². The summed E-state index contributed by atoms with van der Waals surface area (Å²) in [5.74, 6) is 1.58. The predicted octanol–water partition coefficient (Wildman–Crippen LogP) is 3.98. The zero-order valence-corrected chi connectivity index (χ0v) is 12.1. The fourth-order valence-electron chi connectivity index (χ4n) is 4.17. The van der Waals surface area contributed by atoms with Gasteiger partial charge in [-0.2, -0.15) is 0 Å². The molecule has 0 atom stereocenters. The average Bonchev–Trinajstić information content (AvgIpc) is 2.39. The molecule has 0 amide bonds. The Morgan fingerprint density at radius 2 is 1.67 bits per heavy atom. The van der Waals surface area contributed by atoms with Crippen molar-refractivity contribution in [1.82, 2.24) is 4.90 Å². The number of nitrogens with zero attached hydrogens (tertiary/aromatic N) is 2. The smallest absolute Gasteiger partial charge is 0.235 e. The first-order valence-corrected chi connectivity index (χ1v) is 7.69. The standard InChI is InChI=1S/C16H28N2/c1-17-16(11-5-4-6-12-16)15-9-7-14(8-10-15)13-18(2)3/h14-15H,4-13H2,2-3H3. The number of hydrogen-bond donors (Lipinski definition) is 0. The highest BCUT2D eigenvalue weighted by Crippen LogP contribution is 2.45. The molecule has 18 heavy (non-hydrogen) atoms. The topological polar surface area (TPSA) is 7.60 Å². The van der Waals surface area contributed by atoms with Gasteiger partial charge in [0.2, 0.25) is 5.54 Å². The second kappa shape index (κ2) is 6.06. The van der Waals surface area contributed by atoms with Crippen LogP contribution < -0.4 is 0 Å². The molecule has 0 N–H and O–H groups in total. The van der Waals surface area contributed by atoms with Crippen LogP contribution >= 0.6 is 0 Å². The maximum absolute atomic E-state index is 7.66. The average molecular weight is 248 g/mol. The Balaban J connectivity index is 1.90. The third-order valence-electron chi connectivity index (χ3n) is 5.17. The summed E-state index contributed by atoms with van der Waals surface area (Å²) in [6, 6.07) is 0. The Kier molecular flexibility index (Phi) is 4.67. The molecule has 0 spiro atoms. The molecule has 0 aromatic rings. The summed E-state index contributed by atoms with van der Waals surface area (Å²) in [4.78, 5) is 6.44. The highest BCUT2D eigenvalue weighted by molar-refractivity contribution is 5.05. The maximum atomic E-state index is 7.66. The monoisotopic (exact) mass is 248 g/mol. The molecule has 2 heteroatoms. The molecule has 0 unspecified atom stereocenters. The molecular formula is C16H28N2. The van der Waals surface area contributed by atoms with Crippen molar-refractivity contribution >= 4 is 0 Å². The van der Waals surface area contributed by atoms with Gasteiger partial charge in [-0.1, -0.05) is 6.42 Å². The molecule has 0 radical (unpaired) electrons. The van der Waals surface area contributed by atoms with E-state index in [0.717, 1.165) is 5.92 Å². The van der Waals surface area contributed by atoms with Gasteiger partial charge in [0.15, 0.2) is 0 Å². The van der Waals surface area contributed by atoms with Gasteiger partial charge in [0.25, 0.3) is 0 Å². The van der Waals surface area contributed by atoms with Gasteiger partial charge in [0, 0.05) is 25.3 Å². The highest BCUT2D eigenvalue weighted by Gasteiger charge is 2.46. The molecule has 2 saturated carbocycles. The van der Waals surface area contributed by atoms with Crippen LogP contribution in [0.2, 0.25) is 0 Å². The first-order valence-electron chi connectivity index (χ1n) is 7.69. The molecule has 0 aromatic heterocycles. The van der Waals surface area contributed by atoms with Crippen molar-refractivity contribution in [1.29, 1.82) is 0 Å². The number of rotatable bonds is 3. The van der Waals surface area contributed by atoms with Crippen LogP contribution in [-0.4, -0.2) is 31.1 Å². The Morgan fingerprint density at radius 1 is 1.06 bits per heavy atom. The van der Waals surface area contributed by atoms with Crippen LogP contribution in [0.1, 0.15) is 57.8 Å². The van der Waals surface area contributed by atoms with Crippen LogP contribution in [0.15, 0.2) is 0 Å². The molecule has 2 fully saturated rings. The van der Waals surface area contributed by atoms with Crippen molar-refractivity contribution in [2.45, 2.75) is 63.3 Å². The van der Waals surface area contributed by atoms with E-state index >= 15 is 0 Å². The Labute approximate surface area is 113 Å². The molecule has 2 aliphatic carbocycles. The summed E-state index contributed by atoms with van der Waals surface area (Å²) >= 11 is 0. The molecule has 0 aliphatic heterocycles. The fraction of sp³-hybridized carbons (Fsp3) is 0.938. The van der Waals surface area contributed by atoms with E-state index in [2.05, 4.69) is 23.8 Å². The summed E-state index contributed by atoms with van der Waals surface area (Å²) in [5.41, 5.74) is 0.0430. The molecule has 0 saturated heterocycles. The normalized spacial score (nSPS) is 32.1. The van der Waals surface area contributed by atoms with E-state index in [1.807, 2.05) is 0 Å². The van der Waals surface area contributed by atoms with Crippen molar-refractivity contribution < 1.29 is 0 Å². The summed E-state index contributed by atoms with van der Waals surface area (Å²) in [5, 5.41) is 0. The largest absolute Gasteiger partial charge is 0.310 e. The fourth-order valence-corrected chi connectivity index (χ4v) is 4.17. The van der Waals surface area contributed by atoms with Crippen molar-refractivity contribution in [2.24, 2.45) is 11.8 Å². The van der Waals surface area contributed by atoms with E-state index in [0.29, 0.717) is 5.92 Å². The molecule has 0 aromatic carbocycles. The van der Waals surface area contributed by atoms with E-state index in [9.17, 15) is 0 Å². The maximum Gasteiger partial charge on any atom is 0.235 e. The minimum absolute atomic E-state index is 0.0430. The van der Waals surface area contributed by atoms with Crippen LogP contribution in [0, 0.1) is 18.4 Å². The third-order valence-corrected chi connectivity index (χ3v) is 5.17. The molecule has 0 bridgehead atoms. The summed E-state index contributed by atoms with van der Waals surface area (Å²) in [7, 11) is 4.35. The quantitative estimate of drug-likeness (QED) is 0.686. The summed E-state index contributed by atoms with van der Waals surface area (Å²) in [6.07, 6.45) is 11.6. The first kappa shape index (κ1) is 13.9. The van der Waals surface area contributed by atoms with Gasteiger partial charge in [-0.25, -0.2) is 6.57 Å². The summed E-state index contributed by atoms with van der Waals surface area (Å²) < 4.78 is 0. The zero-order valence-electron chi connectivity index (χ0n) is 12.1. The van der Waals surface area contributed by atoms with Crippen molar-refractivity contribution in [3.05, 3.63) is 11.4 Å².